The summed E-state index contributed by atoms with van der Waals surface area (Å²) in [6.07, 6.45) is 5.64. The van der Waals surface area contributed by atoms with Crippen molar-refractivity contribution in [3.8, 4) is 0 Å². The van der Waals surface area contributed by atoms with Gasteiger partial charge in [-0.05, 0) is 30.9 Å². The molecule has 0 unspecified atom stereocenters. The van der Waals surface area contributed by atoms with Gasteiger partial charge in [0.25, 0.3) is 5.91 Å². The highest BCUT2D eigenvalue weighted by molar-refractivity contribution is 6.00. The van der Waals surface area contributed by atoms with Crippen LogP contribution in [0.25, 0.3) is 0 Å². The van der Waals surface area contributed by atoms with Gasteiger partial charge in [0.2, 0.25) is 12.3 Å². The van der Waals surface area contributed by atoms with E-state index < -0.39 is 5.92 Å². The van der Waals surface area contributed by atoms with E-state index in [-0.39, 0.29) is 31.4 Å². The molecule has 2 rings (SSSR count). The molecule has 1 aromatic rings. The van der Waals surface area contributed by atoms with Crippen molar-refractivity contribution in [2.75, 3.05) is 25.1 Å². The minimum absolute atomic E-state index is 0.0157. The van der Waals surface area contributed by atoms with E-state index in [1.54, 1.807) is 6.07 Å². The number of benzene rings is 1. The summed E-state index contributed by atoms with van der Waals surface area (Å²) in [5, 5.41) is 18.6. The Labute approximate surface area is 165 Å². The number of amides is 3. The van der Waals surface area contributed by atoms with E-state index in [4.69, 9.17) is 0 Å². The molecule has 0 bridgehead atoms. The monoisotopic (exact) mass is 390 g/mol. The predicted molar refractivity (Wildman–Crippen MR) is 106 cm³/mol. The fraction of sp³-hybridized carbons (Fsp3) is 0.550. The van der Waals surface area contributed by atoms with Crippen molar-refractivity contribution < 1.29 is 19.6 Å². The summed E-state index contributed by atoms with van der Waals surface area (Å²) in [6, 6.07) is 5.63. The first-order chi connectivity index (χ1) is 13.6. The van der Waals surface area contributed by atoms with Crippen molar-refractivity contribution in [2.24, 2.45) is 5.92 Å². The Kier molecular flexibility index (Phi) is 8.74. The first kappa shape index (κ1) is 21.7. The minimum atomic E-state index is -0.523. The van der Waals surface area contributed by atoms with Crippen molar-refractivity contribution in [1.29, 1.82) is 0 Å². The maximum atomic E-state index is 12.5. The molecule has 4 N–H and O–H groups in total. The standard InChI is InChI=1S/C20H30N4O4/c1-2-3-4-7-16(12-24(28)14-25)19(26)22-13-23-20(27)17-10-5-8-15-9-6-11-21-18(15)17/h5,8,10,14,16,21,28H,2-4,6-7,9,11-13H2,1H3,(H,22,26)(H,23,27)/t16-/m1/s1. The molecule has 0 fully saturated rings. The second-order valence-electron chi connectivity index (χ2n) is 7.01. The smallest absolute Gasteiger partial charge is 0.254 e. The maximum absolute atomic E-state index is 12.5. The first-order valence-electron chi connectivity index (χ1n) is 9.89. The summed E-state index contributed by atoms with van der Waals surface area (Å²) in [5.41, 5.74) is 2.54. The number of carbonyl (C=O) groups is 3. The molecule has 1 aromatic carbocycles. The predicted octanol–water partition coefficient (Wildman–Crippen LogP) is 1.89. The van der Waals surface area contributed by atoms with Crippen LogP contribution in [0.3, 0.4) is 0 Å². The summed E-state index contributed by atoms with van der Waals surface area (Å²) in [4.78, 5) is 35.6. The molecule has 3 amide bonds. The molecule has 1 aliphatic heterocycles. The van der Waals surface area contributed by atoms with Gasteiger partial charge in [0.1, 0.15) is 0 Å². The highest BCUT2D eigenvalue weighted by Crippen LogP contribution is 2.25. The molecule has 28 heavy (non-hydrogen) atoms. The van der Waals surface area contributed by atoms with Crippen LogP contribution in [0.1, 0.15) is 54.9 Å². The lowest BCUT2D eigenvalue weighted by Gasteiger charge is -2.21. The lowest BCUT2D eigenvalue weighted by Crippen LogP contribution is -2.43. The third kappa shape index (κ3) is 6.23. The number of nitrogens with zero attached hydrogens (tertiary/aromatic N) is 1. The highest BCUT2D eigenvalue weighted by atomic mass is 16.5. The van der Waals surface area contributed by atoms with Gasteiger partial charge in [0.05, 0.1) is 30.4 Å². The summed E-state index contributed by atoms with van der Waals surface area (Å²) in [6.45, 7) is 2.81. The van der Waals surface area contributed by atoms with Gasteiger partial charge in [-0.3, -0.25) is 19.6 Å². The van der Waals surface area contributed by atoms with Crippen molar-refractivity contribution in [2.45, 2.75) is 45.4 Å². The van der Waals surface area contributed by atoms with Crippen LogP contribution in [0.15, 0.2) is 18.2 Å². The molecule has 0 aromatic heterocycles. The quantitative estimate of drug-likeness (QED) is 0.152. The van der Waals surface area contributed by atoms with Crippen LogP contribution in [0.5, 0.6) is 0 Å². The Balaban J connectivity index is 1.88. The lowest BCUT2D eigenvalue weighted by molar-refractivity contribution is -0.154. The molecule has 0 aliphatic carbocycles. The molecular weight excluding hydrogens is 360 g/mol. The number of hydrogen-bond acceptors (Lipinski definition) is 5. The third-order valence-electron chi connectivity index (χ3n) is 4.89. The number of carbonyl (C=O) groups excluding carboxylic acids is 3. The van der Waals surface area contributed by atoms with E-state index in [1.807, 2.05) is 12.1 Å². The van der Waals surface area contributed by atoms with Crippen molar-refractivity contribution in [3.05, 3.63) is 29.3 Å². The van der Waals surface area contributed by atoms with E-state index in [1.165, 1.54) is 0 Å². The number of unbranched alkanes of at least 4 members (excludes halogenated alkanes) is 2. The minimum Gasteiger partial charge on any atom is -0.384 e. The van der Waals surface area contributed by atoms with E-state index in [0.717, 1.165) is 49.9 Å². The maximum Gasteiger partial charge on any atom is 0.254 e. The van der Waals surface area contributed by atoms with Crippen LogP contribution in [0.4, 0.5) is 5.69 Å². The lowest BCUT2D eigenvalue weighted by atomic mass is 9.99. The number of aryl methyl sites for hydroxylation is 1. The Morgan fingerprint density at radius 3 is 2.89 bits per heavy atom. The second-order valence-corrected chi connectivity index (χ2v) is 7.01. The number of nitrogens with one attached hydrogen (secondary N) is 3. The zero-order valence-electron chi connectivity index (χ0n) is 16.4. The van der Waals surface area contributed by atoms with Crippen LogP contribution >= 0.6 is 0 Å². The van der Waals surface area contributed by atoms with Gasteiger partial charge in [-0.25, -0.2) is 5.06 Å². The first-order valence-corrected chi connectivity index (χ1v) is 9.89. The topological polar surface area (TPSA) is 111 Å². The van der Waals surface area contributed by atoms with Crippen molar-refractivity contribution >= 4 is 23.9 Å². The Hall–Kier alpha value is -2.61. The molecule has 0 saturated carbocycles. The van der Waals surface area contributed by atoms with Crippen LogP contribution < -0.4 is 16.0 Å². The van der Waals surface area contributed by atoms with Crippen molar-refractivity contribution in [1.82, 2.24) is 15.7 Å². The molecule has 0 radical (unpaired) electrons. The summed E-state index contributed by atoms with van der Waals surface area (Å²) >= 11 is 0. The average Bonchev–Trinajstić information content (AvgIpc) is 2.72. The summed E-state index contributed by atoms with van der Waals surface area (Å²) in [7, 11) is 0. The molecule has 0 spiro atoms. The molecule has 8 nitrogen and oxygen atoms in total. The Morgan fingerprint density at radius 2 is 2.14 bits per heavy atom. The van der Waals surface area contributed by atoms with E-state index in [0.29, 0.717) is 17.0 Å². The number of anilines is 1. The molecule has 8 heteroatoms. The fourth-order valence-electron chi connectivity index (χ4n) is 3.36. The van der Waals surface area contributed by atoms with Gasteiger partial charge in [0, 0.05) is 6.54 Å². The number of hydrogen-bond donors (Lipinski definition) is 4. The number of hydroxylamine groups is 2. The molecule has 154 valence electrons. The highest BCUT2D eigenvalue weighted by Gasteiger charge is 2.21. The van der Waals surface area contributed by atoms with Gasteiger partial charge >= 0.3 is 0 Å². The number of rotatable bonds is 11. The van der Waals surface area contributed by atoms with Gasteiger partial charge in [-0.1, -0.05) is 38.3 Å². The molecule has 1 heterocycles. The normalized spacial score (nSPS) is 13.6. The van der Waals surface area contributed by atoms with Gasteiger partial charge < -0.3 is 16.0 Å². The Morgan fingerprint density at radius 1 is 1.32 bits per heavy atom. The molecule has 0 saturated heterocycles. The number of fused-ring (bicyclic) bond motifs is 1. The Bertz CT molecular complexity index is 680. The van der Waals surface area contributed by atoms with E-state index in [2.05, 4.69) is 22.9 Å². The van der Waals surface area contributed by atoms with Crippen LogP contribution in [-0.4, -0.2) is 48.3 Å². The zero-order valence-corrected chi connectivity index (χ0v) is 16.4. The molecule has 1 aliphatic rings. The summed E-state index contributed by atoms with van der Waals surface area (Å²) in [5.74, 6) is -1.08. The summed E-state index contributed by atoms with van der Waals surface area (Å²) < 4.78 is 0. The van der Waals surface area contributed by atoms with Gasteiger partial charge in [-0.2, -0.15) is 0 Å². The SMILES string of the molecule is CCCCC[C@H](CN(O)C=O)C(=O)NCNC(=O)c1cccc2c1NCCC2. The fourth-order valence-corrected chi connectivity index (χ4v) is 3.36. The zero-order chi connectivity index (χ0) is 20.4. The number of para-hydroxylation sites is 1. The second kappa shape index (κ2) is 11.3. The van der Waals surface area contributed by atoms with Gasteiger partial charge in [-0.15, -0.1) is 0 Å². The van der Waals surface area contributed by atoms with E-state index >= 15 is 0 Å². The van der Waals surface area contributed by atoms with Crippen LogP contribution in [0, 0.1) is 5.92 Å². The van der Waals surface area contributed by atoms with Crippen LogP contribution in [0.2, 0.25) is 0 Å². The van der Waals surface area contributed by atoms with Crippen LogP contribution in [-0.2, 0) is 16.0 Å². The molecule has 1 atom stereocenters. The third-order valence-corrected chi connectivity index (χ3v) is 4.89. The average molecular weight is 390 g/mol. The van der Waals surface area contributed by atoms with Crippen molar-refractivity contribution in [3.63, 3.8) is 0 Å². The van der Waals surface area contributed by atoms with E-state index in [9.17, 15) is 19.6 Å². The molecular formula is C20H30N4O4. The van der Waals surface area contributed by atoms with Gasteiger partial charge in [0.15, 0.2) is 0 Å². The largest absolute Gasteiger partial charge is 0.384 e.